The van der Waals surface area contributed by atoms with E-state index in [9.17, 15) is 22.0 Å². The summed E-state index contributed by atoms with van der Waals surface area (Å²) < 4.78 is 63.3. The zero-order valence-corrected chi connectivity index (χ0v) is 8.93. The number of benzene rings is 2. The predicted octanol–water partition coefficient (Wildman–Crippen LogP) is 4.65. The lowest BCUT2D eigenvalue weighted by molar-refractivity contribution is -0.139. The van der Waals surface area contributed by atoms with Crippen LogP contribution in [0.2, 0.25) is 0 Å². The van der Waals surface area contributed by atoms with Gasteiger partial charge in [0.2, 0.25) is 0 Å². The zero-order chi connectivity index (χ0) is 13.3. The molecule has 0 aliphatic heterocycles. The Kier molecular flexibility index (Phi) is 3.07. The third-order valence-electron chi connectivity index (χ3n) is 2.43. The van der Waals surface area contributed by atoms with Crippen molar-refractivity contribution < 1.29 is 22.0 Å². The van der Waals surface area contributed by atoms with E-state index in [-0.39, 0.29) is 5.56 Å². The van der Waals surface area contributed by atoms with Crippen LogP contribution in [0.5, 0.6) is 0 Å². The van der Waals surface area contributed by atoms with Crippen LogP contribution in [0.25, 0.3) is 11.1 Å². The summed E-state index contributed by atoms with van der Waals surface area (Å²) in [5.74, 6) is -1.91. The Labute approximate surface area is 99.7 Å². The van der Waals surface area contributed by atoms with Crippen LogP contribution in [0.4, 0.5) is 22.0 Å². The lowest BCUT2D eigenvalue weighted by Crippen LogP contribution is -2.07. The first-order valence-electron chi connectivity index (χ1n) is 5.00. The largest absolute Gasteiger partial charge is 0.419 e. The summed E-state index contributed by atoms with van der Waals surface area (Å²) in [6, 6.07) is 7.73. The average molecular weight is 258 g/mol. The first-order chi connectivity index (χ1) is 8.38. The maximum absolute atomic E-state index is 13.3. The summed E-state index contributed by atoms with van der Waals surface area (Å²) in [4.78, 5) is 0. The van der Waals surface area contributed by atoms with Crippen LogP contribution in [0.15, 0.2) is 42.5 Å². The van der Waals surface area contributed by atoms with Crippen molar-refractivity contribution in [3.05, 3.63) is 59.7 Å². The molecule has 94 valence electrons. The third-order valence-corrected chi connectivity index (χ3v) is 2.43. The predicted molar refractivity (Wildman–Crippen MR) is 56.8 cm³/mol. The first kappa shape index (κ1) is 12.5. The molecule has 0 unspecified atom stereocenters. The van der Waals surface area contributed by atoms with Gasteiger partial charge in [-0.15, -0.1) is 0 Å². The molecule has 0 atom stereocenters. The fraction of sp³-hybridized carbons (Fsp3) is 0.0769. The second-order valence-corrected chi connectivity index (χ2v) is 3.70. The van der Waals surface area contributed by atoms with Crippen LogP contribution in [0.3, 0.4) is 0 Å². The van der Waals surface area contributed by atoms with E-state index < -0.39 is 23.4 Å². The SMILES string of the molecule is Fc1cccc(-c2ccc(C(F)(F)F)c(F)c2)c1. The second kappa shape index (κ2) is 4.40. The van der Waals surface area contributed by atoms with E-state index in [1.54, 1.807) is 0 Å². The van der Waals surface area contributed by atoms with Crippen molar-refractivity contribution in [1.29, 1.82) is 0 Å². The number of alkyl halides is 3. The summed E-state index contributed by atoms with van der Waals surface area (Å²) >= 11 is 0. The Morgan fingerprint density at radius 2 is 1.44 bits per heavy atom. The smallest absolute Gasteiger partial charge is 0.207 e. The van der Waals surface area contributed by atoms with Crippen LogP contribution in [0.1, 0.15) is 5.56 Å². The second-order valence-electron chi connectivity index (χ2n) is 3.70. The van der Waals surface area contributed by atoms with Crippen LogP contribution in [0, 0.1) is 11.6 Å². The fourth-order valence-electron chi connectivity index (χ4n) is 1.59. The molecule has 0 N–H and O–H groups in total. The minimum Gasteiger partial charge on any atom is -0.207 e. The van der Waals surface area contributed by atoms with E-state index in [0.717, 1.165) is 18.2 Å². The van der Waals surface area contributed by atoms with E-state index in [4.69, 9.17) is 0 Å². The Morgan fingerprint density at radius 3 is 2.00 bits per heavy atom. The highest BCUT2D eigenvalue weighted by atomic mass is 19.4. The maximum atomic E-state index is 13.3. The van der Waals surface area contributed by atoms with Crippen molar-refractivity contribution in [1.82, 2.24) is 0 Å². The van der Waals surface area contributed by atoms with Crippen LogP contribution in [-0.2, 0) is 6.18 Å². The van der Waals surface area contributed by atoms with Gasteiger partial charge in [0.25, 0.3) is 0 Å². The van der Waals surface area contributed by atoms with Gasteiger partial charge in [-0.3, -0.25) is 0 Å². The van der Waals surface area contributed by atoms with Gasteiger partial charge >= 0.3 is 6.18 Å². The third kappa shape index (κ3) is 2.50. The highest BCUT2D eigenvalue weighted by molar-refractivity contribution is 5.63. The molecule has 0 radical (unpaired) electrons. The molecule has 0 saturated carbocycles. The quantitative estimate of drug-likeness (QED) is 0.653. The zero-order valence-electron chi connectivity index (χ0n) is 8.93. The minimum atomic E-state index is -4.73. The molecule has 0 amide bonds. The van der Waals surface area contributed by atoms with Gasteiger partial charge in [0.1, 0.15) is 11.6 Å². The van der Waals surface area contributed by atoms with E-state index in [2.05, 4.69) is 0 Å². The van der Waals surface area contributed by atoms with Crippen molar-refractivity contribution in [2.24, 2.45) is 0 Å². The maximum Gasteiger partial charge on any atom is 0.419 e. The molecule has 0 saturated heterocycles. The standard InChI is InChI=1S/C13H7F5/c14-10-3-1-2-8(6-10)9-4-5-11(12(15)7-9)13(16,17)18/h1-7H. The summed E-state index contributed by atoms with van der Waals surface area (Å²) in [6.45, 7) is 0. The molecule has 2 aromatic rings. The lowest BCUT2D eigenvalue weighted by Gasteiger charge is -2.09. The molecule has 18 heavy (non-hydrogen) atoms. The topological polar surface area (TPSA) is 0 Å². The highest BCUT2D eigenvalue weighted by Crippen LogP contribution is 2.33. The molecular formula is C13H7F5. The summed E-state index contributed by atoms with van der Waals surface area (Å²) in [7, 11) is 0. The van der Waals surface area contributed by atoms with Crippen LogP contribution >= 0.6 is 0 Å². The molecule has 0 nitrogen and oxygen atoms in total. The van der Waals surface area contributed by atoms with Crippen LogP contribution < -0.4 is 0 Å². The number of hydrogen-bond acceptors (Lipinski definition) is 0. The Balaban J connectivity index is 2.47. The average Bonchev–Trinajstić information content (AvgIpc) is 2.27. The molecule has 2 aromatic carbocycles. The Morgan fingerprint density at radius 1 is 0.778 bits per heavy atom. The number of rotatable bonds is 1. The van der Waals surface area contributed by atoms with Gasteiger partial charge in [-0.25, -0.2) is 8.78 Å². The van der Waals surface area contributed by atoms with Crippen molar-refractivity contribution in [3.8, 4) is 11.1 Å². The molecule has 0 bridgehead atoms. The van der Waals surface area contributed by atoms with E-state index in [1.165, 1.54) is 18.2 Å². The molecule has 0 aromatic heterocycles. The van der Waals surface area contributed by atoms with Gasteiger partial charge in [0, 0.05) is 0 Å². The van der Waals surface area contributed by atoms with Gasteiger partial charge < -0.3 is 0 Å². The first-order valence-corrected chi connectivity index (χ1v) is 5.00. The van der Waals surface area contributed by atoms with Crippen molar-refractivity contribution in [2.75, 3.05) is 0 Å². The summed E-state index contributed by atoms with van der Waals surface area (Å²) in [5, 5.41) is 0. The summed E-state index contributed by atoms with van der Waals surface area (Å²) in [5.41, 5.74) is -0.815. The summed E-state index contributed by atoms with van der Waals surface area (Å²) in [6.07, 6.45) is -4.73. The normalized spacial score (nSPS) is 11.6. The highest BCUT2D eigenvalue weighted by Gasteiger charge is 2.33. The molecule has 2 rings (SSSR count). The van der Waals surface area contributed by atoms with Gasteiger partial charge in [-0.05, 0) is 35.4 Å². The minimum absolute atomic E-state index is 0.194. The van der Waals surface area contributed by atoms with Crippen molar-refractivity contribution in [3.63, 3.8) is 0 Å². The Bertz CT molecular complexity index is 572. The monoisotopic (exact) mass is 258 g/mol. The van der Waals surface area contributed by atoms with E-state index >= 15 is 0 Å². The van der Waals surface area contributed by atoms with Crippen molar-refractivity contribution in [2.45, 2.75) is 6.18 Å². The van der Waals surface area contributed by atoms with Crippen LogP contribution in [-0.4, -0.2) is 0 Å². The number of halogens is 5. The van der Waals surface area contributed by atoms with E-state index in [0.29, 0.717) is 11.6 Å². The molecule has 0 aliphatic carbocycles. The molecule has 0 heterocycles. The Hall–Kier alpha value is -1.91. The fourth-order valence-corrected chi connectivity index (χ4v) is 1.59. The number of hydrogen-bond donors (Lipinski definition) is 0. The van der Waals surface area contributed by atoms with Gasteiger partial charge in [-0.1, -0.05) is 18.2 Å². The molecule has 0 aliphatic rings. The molecule has 0 spiro atoms. The molecule has 0 fully saturated rings. The van der Waals surface area contributed by atoms with Crippen molar-refractivity contribution >= 4 is 0 Å². The van der Waals surface area contributed by atoms with Gasteiger partial charge in [0.15, 0.2) is 0 Å². The molecule has 5 heteroatoms. The lowest BCUT2D eigenvalue weighted by atomic mass is 10.0. The van der Waals surface area contributed by atoms with E-state index in [1.807, 2.05) is 0 Å². The van der Waals surface area contributed by atoms with Gasteiger partial charge in [-0.2, -0.15) is 13.2 Å². The molecular weight excluding hydrogens is 251 g/mol. The van der Waals surface area contributed by atoms with Gasteiger partial charge in [0.05, 0.1) is 5.56 Å².